The van der Waals surface area contributed by atoms with Crippen LogP contribution in [0.2, 0.25) is 0 Å². The van der Waals surface area contributed by atoms with Crippen LogP contribution < -0.4 is 0 Å². The average molecular weight is 283 g/mol. The first-order chi connectivity index (χ1) is 9.88. The van der Waals surface area contributed by atoms with Gasteiger partial charge in [-0.15, -0.1) is 0 Å². The number of hydrogen-bond donors (Lipinski definition) is 0. The summed E-state index contributed by atoms with van der Waals surface area (Å²) in [4.78, 5) is 12.3. The fourth-order valence-corrected chi connectivity index (χ4v) is 4.19. The maximum absolute atomic E-state index is 12.3. The maximum Gasteiger partial charge on any atom is 0.338 e. The summed E-state index contributed by atoms with van der Waals surface area (Å²) in [6.45, 7) is 6.87. The Hall–Kier alpha value is -1.82. The Kier molecular flexibility index (Phi) is 3.09. The third-order valence-electron chi connectivity index (χ3n) is 6.21. The van der Waals surface area contributed by atoms with Crippen LogP contribution in [0.1, 0.15) is 56.0 Å². The quantitative estimate of drug-likeness (QED) is 0.773. The van der Waals surface area contributed by atoms with Gasteiger partial charge in [0.1, 0.15) is 6.10 Å². The highest BCUT2D eigenvalue weighted by atomic mass is 16.5. The van der Waals surface area contributed by atoms with Gasteiger partial charge >= 0.3 is 5.97 Å². The molecule has 3 unspecified atom stereocenters. The second-order valence-electron chi connectivity index (χ2n) is 7.19. The highest BCUT2D eigenvalue weighted by Crippen LogP contribution is 2.66. The number of hydrogen-bond acceptors (Lipinski definition) is 3. The molecule has 0 saturated heterocycles. The van der Waals surface area contributed by atoms with Gasteiger partial charge in [0, 0.05) is 5.41 Å². The summed E-state index contributed by atoms with van der Waals surface area (Å²) < 4.78 is 5.82. The Balaban J connectivity index is 1.76. The molecule has 3 atom stereocenters. The molecular weight excluding hydrogens is 262 g/mol. The standard InChI is InChI=1S/C18H21NO2/c1-17(2)14-8-9-18(17,3)15(10-14)21-16(20)13-6-4-12(11-19)5-7-13/h4-7,14-15H,8-10H2,1-3H3. The molecule has 0 N–H and O–H groups in total. The van der Waals surface area contributed by atoms with Gasteiger partial charge in [0.05, 0.1) is 17.2 Å². The van der Waals surface area contributed by atoms with Gasteiger partial charge in [-0.3, -0.25) is 0 Å². The first-order valence-corrected chi connectivity index (χ1v) is 7.59. The van der Waals surface area contributed by atoms with Crippen LogP contribution in [0.25, 0.3) is 0 Å². The zero-order valence-electron chi connectivity index (χ0n) is 12.8. The molecule has 2 aliphatic carbocycles. The van der Waals surface area contributed by atoms with Crippen LogP contribution in [0.5, 0.6) is 0 Å². The molecule has 3 heteroatoms. The highest BCUT2D eigenvalue weighted by Gasteiger charge is 2.62. The maximum atomic E-state index is 12.3. The van der Waals surface area contributed by atoms with Crippen molar-refractivity contribution < 1.29 is 9.53 Å². The zero-order chi connectivity index (χ0) is 15.3. The summed E-state index contributed by atoms with van der Waals surface area (Å²) in [5.74, 6) is 0.385. The lowest BCUT2D eigenvalue weighted by Gasteiger charge is -2.38. The number of ether oxygens (including phenoxy) is 1. The van der Waals surface area contributed by atoms with E-state index < -0.39 is 0 Å². The van der Waals surface area contributed by atoms with Crippen molar-refractivity contribution in [2.24, 2.45) is 16.7 Å². The van der Waals surface area contributed by atoms with Crippen LogP contribution in [0.3, 0.4) is 0 Å². The number of carbonyl (C=O) groups excluding carboxylic acids is 1. The van der Waals surface area contributed by atoms with Gasteiger partial charge < -0.3 is 4.74 Å². The lowest BCUT2D eigenvalue weighted by Crippen LogP contribution is -2.38. The first-order valence-electron chi connectivity index (χ1n) is 7.59. The number of carbonyl (C=O) groups is 1. The Labute approximate surface area is 125 Å². The number of benzene rings is 1. The molecule has 2 bridgehead atoms. The minimum Gasteiger partial charge on any atom is -0.458 e. The smallest absolute Gasteiger partial charge is 0.338 e. The van der Waals surface area contributed by atoms with Crippen molar-refractivity contribution >= 4 is 5.97 Å². The number of nitriles is 1. The molecule has 110 valence electrons. The number of fused-ring (bicyclic) bond motifs is 2. The fraction of sp³-hybridized carbons (Fsp3) is 0.556. The molecule has 3 rings (SSSR count). The second-order valence-corrected chi connectivity index (χ2v) is 7.19. The van der Waals surface area contributed by atoms with Gasteiger partial charge in [-0.05, 0) is 54.9 Å². The lowest BCUT2D eigenvalue weighted by molar-refractivity contribution is -0.0242. The van der Waals surface area contributed by atoms with E-state index in [9.17, 15) is 4.79 Å². The van der Waals surface area contributed by atoms with E-state index in [-0.39, 0.29) is 22.9 Å². The average Bonchev–Trinajstić information content (AvgIpc) is 2.80. The van der Waals surface area contributed by atoms with Crippen molar-refractivity contribution in [3.8, 4) is 6.07 Å². The largest absolute Gasteiger partial charge is 0.458 e. The van der Waals surface area contributed by atoms with E-state index in [1.54, 1.807) is 24.3 Å². The zero-order valence-corrected chi connectivity index (χ0v) is 12.8. The van der Waals surface area contributed by atoms with E-state index in [0.29, 0.717) is 17.0 Å². The highest BCUT2D eigenvalue weighted by molar-refractivity contribution is 5.89. The normalized spacial score (nSPS) is 32.7. The minimum atomic E-state index is -0.269. The van der Waals surface area contributed by atoms with Crippen LogP contribution in [0.15, 0.2) is 24.3 Å². The van der Waals surface area contributed by atoms with Gasteiger partial charge in [-0.1, -0.05) is 20.8 Å². The van der Waals surface area contributed by atoms with Crippen molar-refractivity contribution in [2.45, 2.75) is 46.1 Å². The van der Waals surface area contributed by atoms with Gasteiger partial charge in [0.15, 0.2) is 0 Å². The van der Waals surface area contributed by atoms with E-state index in [1.165, 1.54) is 6.42 Å². The molecule has 2 saturated carbocycles. The van der Waals surface area contributed by atoms with Crippen molar-refractivity contribution in [3.05, 3.63) is 35.4 Å². The van der Waals surface area contributed by atoms with Gasteiger partial charge in [-0.25, -0.2) is 4.79 Å². The monoisotopic (exact) mass is 283 g/mol. The third-order valence-corrected chi connectivity index (χ3v) is 6.21. The molecule has 2 fully saturated rings. The first kappa shape index (κ1) is 14.1. The Bertz CT molecular complexity index is 611. The summed E-state index contributed by atoms with van der Waals surface area (Å²) in [5, 5.41) is 8.79. The molecule has 0 radical (unpaired) electrons. The van der Waals surface area contributed by atoms with E-state index in [1.807, 2.05) is 0 Å². The molecule has 0 aromatic heterocycles. The SMILES string of the molecule is CC1(C)C2CCC1(C)C(OC(=O)c1ccc(C#N)cc1)C2. The topological polar surface area (TPSA) is 50.1 Å². The van der Waals surface area contributed by atoms with Gasteiger partial charge in [-0.2, -0.15) is 5.26 Å². The summed E-state index contributed by atoms with van der Waals surface area (Å²) in [5.41, 5.74) is 1.40. The van der Waals surface area contributed by atoms with Crippen LogP contribution in [-0.4, -0.2) is 12.1 Å². The molecule has 0 amide bonds. The van der Waals surface area contributed by atoms with Crippen LogP contribution in [0, 0.1) is 28.1 Å². The minimum absolute atomic E-state index is 0.00870. The van der Waals surface area contributed by atoms with E-state index >= 15 is 0 Å². The second kappa shape index (κ2) is 4.59. The molecule has 3 nitrogen and oxygen atoms in total. The van der Waals surface area contributed by atoms with E-state index in [2.05, 4.69) is 26.8 Å². The predicted molar refractivity (Wildman–Crippen MR) is 79.6 cm³/mol. The molecular formula is C18H21NO2. The van der Waals surface area contributed by atoms with Gasteiger partial charge in [0.25, 0.3) is 0 Å². The Morgan fingerprint density at radius 1 is 1.29 bits per heavy atom. The third kappa shape index (κ3) is 1.97. The van der Waals surface area contributed by atoms with E-state index in [0.717, 1.165) is 12.8 Å². The predicted octanol–water partition coefficient (Wildman–Crippen LogP) is 3.93. The molecule has 0 spiro atoms. The number of rotatable bonds is 2. The lowest BCUT2D eigenvalue weighted by atomic mass is 9.70. The van der Waals surface area contributed by atoms with Crippen molar-refractivity contribution in [1.29, 1.82) is 5.26 Å². The van der Waals surface area contributed by atoms with Crippen LogP contribution in [0.4, 0.5) is 0 Å². The van der Waals surface area contributed by atoms with Crippen molar-refractivity contribution in [1.82, 2.24) is 0 Å². The fourth-order valence-electron chi connectivity index (χ4n) is 4.19. The molecule has 1 aromatic rings. The molecule has 1 aromatic carbocycles. The summed E-state index contributed by atoms with van der Waals surface area (Å²) >= 11 is 0. The van der Waals surface area contributed by atoms with Crippen LogP contribution in [-0.2, 0) is 4.74 Å². The number of nitrogens with zero attached hydrogens (tertiary/aromatic N) is 1. The Morgan fingerprint density at radius 3 is 2.43 bits per heavy atom. The summed E-state index contributed by atoms with van der Waals surface area (Å²) in [7, 11) is 0. The molecule has 21 heavy (non-hydrogen) atoms. The summed E-state index contributed by atoms with van der Waals surface area (Å²) in [6.07, 6.45) is 3.37. The molecule has 0 aliphatic heterocycles. The van der Waals surface area contributed by atoms with Crippen molar-refractivity contribution in [3.63, 3.8) is 0 Å². The van der Waals surface area contributed by atoms with Gasteiger partial charge in [0.2, 0.25) is 0 Å². The molecule has 0 heterocycles. The van der Waals surface area contributed by atoms with Crippen molar-refractivity contribution in [2.75, 3.05) is 0 Å². The molecule has 2 aliphatic rings. The van der Waals surface area contributed by atoms with E-state index in [4.69, 9.17) is 10.00 Å². The number of esters is 1. The van der Waals surface area contributed by atoms with Crippen LogP contribution >= 0.6 is 0 Å². The summed E-state index contributed by atoms with van der Waals surface area (Å²) in [6, 6.07) is 8.70. The Morgan fingerprint density at radius 2 is 1.95 bits per heavy atom.